The van der Waals surface area contributed by atoms with Crippen molar-refractivity contribution in [3.8, 4) is 0 Å². The minimum absolute atomic E-state index is 0.0665. The predicted molar refractivity (Wildman–Crippen MR) is 87.6 cm³/mol. The maximum Gasteiger partial charge on any atom is 0.260 e. The molecular weight excluding hydrogens is 299 g/mol. The lowest BCUT2D eigenvalue weighted by Crippen LogP contribution is -2.09. The summed E-state index contributed by atoms with van der Waals surface area (Å²) in [6, 6.07) is 6.18. The van der Waals surface area contributed by atoms with Gasteiger partial charge in [0.2, 0.25) is 0 Å². The maximum absolute atomic E-state index is 12.9. The average Bonchev–Trinajstić information content (AvgIpc) is 3.06. The third kappa shape index (κ3) is 2.27. The molecule has 2 aromatic heterocycles. The molecule has 0 fully saturated rings. The molecule has 3 aromatic rings. The lowest BCUT2D eigenvalue weighted by atomic mass is 10.2. The van der Waals surface area contributed by atoms with Crippen molar-refractivity contribution in [3.63, 3.8) is 0 Å². The molecule has 0 saturated carbocycles. The molecule has 0 unspecified atom stereocenters. The van der Waals surface area contributed by atoms with Crippen LogP contribution in [-0.2, 0) is 12.8 Å². The van der Waals surface area contributed by atoms with Gasteiger partial charge in [0.05, 0.1) is 5.39 Å². The van der Waals surface area contributed by atoms with E-state index in [1.807, 2.05) is 6.08 Å². The maximum atomic E-state index is 12.9. The SMILES string of the molecule is O=c1[nH]c(C=Cc2ccc(F)cc2)nc2sc3c(c12)CCC3. The van der Waals surface area contributed by atoms with Crippen LogP contribution in [0, 0.1) is 5.82 Å². The highest BCUT2D eigenvalue weighted by atomic mass is 32.1. The lowest BCUT2D eigenvalue weighted by molar-refractivity contribution is 0.628. The van der Waals surface area contributed by atoms with Crippen molar-refractivity contribution in [2.45, 2.75) is 19.3 Å². The summed E-state index contributed by atoms with van der Waals surface area (Å²) in [7, 11) is 0. The molecule has 1 aliphatic carbocycles. The van der Waals surface area contributed by atoms with E-state index in [1.54, 1.807) is 29.5 Å². The van der Waals surface area contributed by atoms with E-state index < -0.39 is 0 Å². The van der Waals surface area contributed by atoms with Gasteiger partial charge in [-0.15, -0.1) is 11.3 Å². The fraction of sp³-hybridized carbons (Fsp3) is 0.176. The molecule has 0 bridgehead atoms. The Labute approximate surface area is 130 Å². The molecule has 2 heterocycles. The van der Waals surface area contributed by atoms with Crippen molar-refractivity contribution in [2.75, 3.05) is 0 Å². The van der Waals surface area contributed by atoms with Crippen molar-refractivity contribution in [3.05, 3.63) is 62.3 Å². The van der Waals surface area contributed by atoms with E-state index in [0.717, 1.165) is 35.0 Å². The van der Waals surface area contributed by atoms with Gasteiger partial charge < -0.3 is 4.98 Å². The van der Waals surface area contributed by atoms with Crippen LogP contribution in [0.15, 0.2) is 29.1 Å². The summed E-state index contributed by atoms with van der Waals surface area (Å²) in [6.45, 7) is 0. The molecule has 0 radical (unpaired) electrons. The molecule has 110 valence electrons. The third-order valence-electron chi connectivity index (χ3n) is 3.90. The van der Waals surface area contributed by atoms with Gasteiger partial charge in [-0.05, 0) is 48.6 Å². The lowest BCUT2D eigenvalue weighted by Gasteiger charge is -1.97. The van der Waals surface area contributed by atoms with E-state index in [2.05, 4.69) is 9.97 Å². The molecule has 0 aliphatic heterocycles. The van der Waals surface area contributed by atoms with Crippen LogP contribution < -0.4 is 5.56 Å². The molecular formula is C17H13FN2OS. The van der Waals surface area contributed by atoms with E-state index in [9.17, 15) is 9.18 Å². The van der Waals surface area contributed by atoms with Crippen LogP contribution in [0.2, 0.25) is 0 Å². The first-order chi connectivity index (χ1) is 10.7. The number of rotatable bonds is 2. The molecule has 0 atom stereocenters. The number of nitrogens with one attached hydrogen (secondary N) is 1. The molecule has 1 aliphatic rings. The first-order valence-electron chi connectivity index (χ1n) is 7.19. The van der Waals surface area contributed by atoms with E-state index in [1.165, 1.54) is 22.6 Å². The predicted octanol–water partition coefficient (Wildman–Crippen LogP) is 3.78. The summed E-state index contributed by atoms with van der Waals surface area (Å²) in [4.78, 5) is 21.8. The Bertz CT molecular complexity index is 938. The topological polar surface area (TPSA) is 45.8 Å². The van der Waals surface area contributed by atoms with Crippen molar-refractivity contribution in [1.29, 1.82) is 0 Å². The first kappa shape index (κ1) is 13.4. The number of halogens is 1. The van der Waals surface area contributed by atoms with Gasteiger partial charge in [0, 0.05) is 4.88 Å². The van der Waals surface area contributed by atoms with E-state index >= 15 is 0 Å². The molecule has 0 amide bonds. The largest absolute Gasteiger partial charge is 0.306 e. The number of fused-ring (bicyclic) bond motifs is 3. The van der Waals surface area contributed by atoms with Crippen LogP contribution in [-0.4, -0.2) is 9.97 Å². The monoisotopic (exact) mass is 312 g/mol. The van der Waals surface area contributed by atoms with E-state index in [4.69, 9.17) is 0 Å². The second-order valence-corrected chi connectivity index (χ2v) is 6.46. The number of aromatic amines is 1. The van der Waals surface area contributed by atoms with Gasteiger partial charge in [0.15, 0.2) is 0 Å². The smallest absolute Gasteiger partial charge is 0.260 e. The van der Waals surface area contributed by atoms with Gasteiger partial charge in [-0.25, -0.2) is 9.37 Å². The van der Waals surface area contributed by atoms with Crippen LogP contribution in [0.5, 0.6) is 0 Å². The molecule has 22 heavy (non-hydrogen) atoms. The van der Waals surface area contributed by atoms with E-state index in [-0.39, 0.29) is 11.4 Å². The number of aryl methyl sites for hydroxylation is 2. The summed E-state index contributed by atoms with van der Waals surface area (Å²) in [6.07, 6.45) is 6.72. The number of hydrogen-bond donors (Lipinski definition) is 1. The average molecular weight is 312 g/mol. The third-order valence-corrected chi connectivity index (χ3v) is 5.08. The fourth-order valence-corrected chi connectivity index (χ4v) is 4.12. The Kier molecular flexibility index (Phi) is 3.15. The molecule has 1 aromatic carbocycles. The normalized spacial score (nSPS) is 14.0. The zero-order chi connectivity index (χ0) is 15.1. The molecule has 0 saturated heterocycles. The number of aromatic nitrogens is 2. The highest BCUT2D eigenvalue weighted by Gasteiger charge is 2.20. The van der Waals surface area contributed by atoms with Gasteiger partial charge >= 0.3 is 0 Å². The van der Waals surface area contributed by atoms with Gasteiger partial charge in [-0.2, -0.15) is 0 Å². The van der Waals surface area contributed by atoms with Gasteiger partial charge in [-0.1, -0.05) is 18.2 Å². The van der Waals surface area contributed by atoms with Gasteiger partial charge in [0.25, 0.3) is 5.56 Å². The number of thiophene rings is 1. The molecule has 4 rings (SSSR count). The van der Waals surface area contributed by atoms with Crippen molar-refractivity contribution in [2.24, 2.45) is 0 Å². The van der Waals surface area contributed by atoms with Crippen molar-refractivity contribution < 1.29 is 4.39 Å². The minimum Gasteiger partial charge on any atom is -0.306 e. The van der Waals surface area contributed by atoms with Gasteiger partial charge in [0.1, 0.15) is 16.5 Å². The van der Waals surface area contributed by atoms with E-state index in [0.29, 0.717) is 5.82 Å². The first-order valence-corrected chi connectivity index (χ1v) is 8.00. The van der Waals surface area contributed by atoms with Crippen molar-refractivity contribution in [1.82, 2.24) is 9.97 Å². The molecule has 3 nitrogen and oxygen atoms in total. The highest BCUT2D eigenvalue weighted by molar-refractivity contribution is 7.18. The zero-order valence-electron chi connectivity index (χ0n) is 11.7. The Morgan fingerprint density at radius 2 is 2.00 bits per heavy atom. The molecule has 5 heteroatoms. The fourth-order valence-electron chi connectivity index (χ4n) is 2.85. The number of H-pyrrole nitrogens is 1. The summed E-state index contributed by atoms with van der Waals surface area (Å²) < 4.78 is 12.9. The standard InChI is InChI=1S/C17H13FN2OS/c18-11-7-4-10(5-8-11)6-9-14-19-16(21)15-12-2-1-3-13(12)22-17(15)20-14/h4-9H,1-3H2,(H,19,20,21). The number of hydrogen-bond acceptors (Lipinski definition) is 3. The second kappa shape index (κ2) is 5.18. The Balaban J connectivity index is 1.74. The van der Waals surface area contributed by atoms with Crippen molar-refractivity contribution >= 4 is 33.7 Å². The molecule has 0 spiro atoms. The number of benzene rings is 1. The van der Waals surface area contributed by atoms with Crippen LogP contribution in [0.3, 0.4) is 0 Å². The summed E-state index contributed by atoms with van der Waals surface area (Å²) >= 11 is 1.62. The Morgan fingerprint density at radius 3 is 2.82 bits per heavy atom. The van der Waals surface area contributed by atoms with Crippen LogP contribution in [0.25, 0.3) is 22.4 Å². The Morgan fingerprint density at radius 1 is 1.18 bits per heavy atom. The Hall–Kier alpha value is -2.27. The summed E-state index contributed by atoms with van der Waals surface area (Å²) in [5.41, 5.74) is 1.98. The second-order valence-electron chi connectivity index (χ2n) is 5.37. The van der Waals surface area contributed by atoms with Crippen LogP contribution in [0.4, 0.5) is 4.39 Å². The quantitative estimate of drug-likeness (QED) is 0.782. The zero-order valence-corrected chi connectivity index (χ0v) is 12.5. The highest BCUT2D eigenvalue weighted by Crippen LogP contribution is 2.34. The van der Waals surface area contributed by atoms with Crippen LogP contribution >= 0.6 is 11.3 Å². The summed E-state index contributed by atoms with van der Waals surface area (Å²) in [5, 5.41) is 0.761. The molecule has 1 N–H and O–H groups in total. The van der Waals surface area contributed by atoms with Crippen LogP contribution in [0.1, 0.15) is 28.2 Å². The minimum atomic E-state index is -0.266. The summed E-state index contributed by atoms with van der Waals surface area (Å²) in [5.74, 6) is 0.264. The number of nitrogens with zero attached hydrogens (tertiary/aromatic N) is 1. The van der Waals surface area contributed by atoms with Gasteiger partial charge in [-0.3, -0.25) is 4.79 Å².